The molecule has 1 aromatic heterocycles. The highest BCUT2D eigenvalue weighted by Gasteiger charge is 2.09. The fourth-order valence-corrected chi connectivity index (χ4v) is 2.17. The number of amides is 1. The van der Waals surface area contributed by atoms with Crippen LogP contribution < -0.4 is 11.1 Å². The van der Waals surface area contributed by atoms with Gasteiger partial charge in [0, 0.05) is 17.5 Å². The van der Waals surface area contributed by atoms with Crippen molar-refractivity contribution in [2.75, 3.05) is 5.73 Å². The summed E-state index contributed by atoms with van der Waals surface area (Å²) in [5, 5.41) is 10.4. The van der Waals surface area contributed by atoms with Crippen LogP contribution in [-0.2, 0) is 6.54 Å². The van der Waals surface area contributed by atoms with Gasteiger partial charge in [-0.3, -0.25) is 9.89 Å². The number of carbonyl (C=O) groups excluding carboxylic acids is 1. The second-order valence-corrected chi connectivity index (χ2v) is 5.04. The number of carbonyl (C=O) groups is 1. The molecule has 0 saturated carbocycles. The van der Waals surface area contributed by atoms with E-state index in [0.717, 1.165) is 16.5 Å². The number of H-pyrrole nitrogens is 1. The van der Waals surface area contributed by atoms with Crippen molar-refractivity contribution >= 4 is 22.6 Å². The Kier molecular flexibility index (Phi) is 3.31. The minimum absolute atomic E-state index is 0.127. The summed E-state index contributed by atoms with van der Waals surface area (Å²) in [6.45, 7) is 2.53. The lowest BCUT2D eigenvalue weighted by molar-refractivity contribution is 0.0951. The molecule has 4 N–H and O–H groups in total. The van der Waals surface area contributed by atoms with Gasteiger partial charge in [0.15, 0.2) is 5.82 Å². The maximum Gasteiger partial charge on any atom is 0.251 e. The number of hydrogen-bond donors (Lipinski definition) is 3. The number of aromatic nitrogens is 2. The molecule has 0 atom stereocenters. The van der Waals surface area contributed by atoms with Gasteiger partial charge in [-0.1, -0.05) is 29.8 Å². The van der Waals surface area contributed by atoms with Crippen LogP contribution >= 0.6 is 0 Å². The average molecular weight is 280 g/mol. The highest BCUT2D eigenvalue weighted by atomic mass is 16.1. The largest absolute Gasteiger partial charge is 0.382 e. The normalized spacial score (nSPS) is 10.7. The predicted octanol–water partition coefficient (Wildman–Crippen LogP) is 2.38. The zero-order valence-electron chi connectivity index (χ0n) is 11.7. The summed E-state index contributed by atoms with van der Waals surface area (Å²) in [5.41, 5.74) is 9.41. The molecule has 0 bridgehead atoms. The third-order valence-corrected chi connectivity index (χ3v) is 3.43. The zero-order chi connectivity index (χ0) is 14.8. The van der Waals surface area contributed by atoms with Gasteiger partial charge in [-0.15, -0.1) is 0 Å². The lowest BCUT2D eigenvalue weighted by Gasteiger charge is -2.06. The fraction of sp³-hybridized carbons (Fsp3) is 0.125. The summed E-state index contributed by atoms with van der Waals surface area (Å²) in [6, 6.07) is 13.4. The van der Waals surface area contributed by atoms with Gasteiger partial charge in [-0.2, -0.15) is 5.10 Å². The lowest BCUT2D eigenvalue weighted by Crippen LogP contribution is -2.22. The van der Waals surface area contributed by atoms with Gasteiger partial charge < -0.3 is 11.1 Å². The van der Waals surface area contributed by atoms with E-state index < -0.39 is 0 Å². The molecule has 3 aromatic rings. The van der Waals surface area contributed by atoms with Crippen molar-refractivity contribution in [2.45, 2.75) is 13.5 Å². The van der Waals surface area contributed by atoms with E-state index in [4.69, 9.17) is 5.73 Å². The Balaban J connectivity index is 1.74. The van der Waals surface area contributed by atoms with Gasteiger partial charge in [0.25, 0.3) is 5.91 Å². The molecule has 21 heavy (non-hydrogen) atoms. The van der Waals surface area contributed by atoms with Gasteiger partial charge in [0.05, 0.1) is 5.52 Å². The quantitative estimate of drug-likeness (QED) is 0.688. The van der Waals surface area contributed by atoms with Crippen LogP contribution in [0.1, 0.15) is 21.5 Å². The first-order valence-electron chi connectivity index (χ1n) is 6.71. The van der Waals surface area contributed by atoms with Crippen LogP contribution in [0.3, 0.4) is 0 Å². The predicted molar refractivity (Wildman–Crippen MR) is 82.9 cm³/mol. The molecular weight excluding hydrogens is 264 g/mol. The van der Waals surface area contributed by atoms with E-state index in [1.54, 1.807) is 18.2 Å². The topological polar surface area (TPSA) is 83.8 Å². The molecule has 5 nitrogen and oxygen atoms in total. The van der Waals surface area contributed by atoms with Gasteiger partial charge in [0.2, 0.25) is 0 Å². The summed E-state index contributed by atoms with van der Waals surface area (Å²) in [6.07, 6.45) is 0. The van der Waals surface area contributed by atoms with Crippen LogP contribution in [0.5, 0.6) is 0 Å². The first-order chi connectivity index (χ1) is 10.1. The summed E-state index contributed by atoms with van der Waals surface area (Å²) in [5.74, 6) is 0.274. The molecule has 0 unspecified atom stereocenters. The zero-order valence-corrected chi connectivity index (χ0v) is 11.7. The number of fused-ring (bicyclic) bond motifs is 1. The standard InChI is InChI=1S/C16H16N4O/c1-10-2-4-11(5-3-10)9-18-16(21)12-6-7-14-13(8-12)15(17)20-19-14/h2-8H,9H2,1H3,(H,18,21)(H3,17,19,20). The maximum atomic E-state index is 12.2. The average Bonchev–Trinajstić information content (AvgIpc) is 2.87. The Morgan fingerprint density at radius 1 is 1.24 bits per heavy atom. The van der Waals surface area contributed by atoms with Gasteiger partial charge in [-0.05, 0) is 30.7 Å². The van der Waals surface area contributed by atoms with Crippen LogP contribution in [0.15, 0.2) is 42.5 Å². The number of rotatable bonds is 3. The number of nitrogens with two attached hydrogens (primary N) is 1. The van der Waals surface area contributed by atoms with Gasteiger partial charge >= 0.3 is 0 Å². The third kappa shape index (κ3) is 2.72. The maximum absolute atomic E-state index is 12.2. The summed E-state index contributed by atoms with van der Waals surface area (Å²) >= 11 is 0. The second kappa shape index (κ2) is 5.28. The van der Waals surface area contributed by atoms with E-state index in [0.29, 0.717) is 17.9 Å². The van der Waals surface area contributed by atoms with E-state index in [2.05, 4.69) is 15.5 Å². The Morgan fingerprint density at radius 2 is 2.00 bits per heavy atom. The number of aromatic amines is 1. The summed E-state index contributed by atoms with van der Waals surface area (Å²) < 4.78 is 0. The molecule has 0 spiro atoms. The van der Waals surface area contributed by atoms with Crippen molar-refractivity contribution in [3.05, 3.63) is 59.2 Å². The first-order valence-corrected chi connectivity index (χ1v) is 6.71. The van der Waals surface area contributed by atoms with Crippen molar-refractivity contribution in [2.24, 2.45) is 0 Å². The second-order valence-electron chi connectivity index (χ2n) is 5.04. The van der Waals surface area contributed by atoms with E-state index >= 15 is 0 Å². The molecule has 0 radical (unpaired) electrons. The van der Waals surface area contributed by atoms with Crippen LogP contribution in [0, 0.1) is 6.92 Å². The molecular formula is C16H16N4O. The number of nitrogens with zero attached hydrogens (tertiary/aromatic N) is 1. The van der Waals surface area contributed by atoms with Crippen molar-refractivity contribution in [3.63, 3.8) is 0 Å². The van der Waals surface area contributed by atoms with Crippen LogP contribution in [0.4, 0.5) is 5.82 Å². The highest BCUT2D eigenvalue weighted by molar-refractivity contribution is 6.00. The Bertz CT molecular complexity index is 790. The van der Waals surface area contributed by atoms with Crippen LogP contribution in [0.2, 0.25) is 0 Å². The van der Waals surface area contributed by atoms with E-state index in [1.807, 2.05) is 31.2 Å². The van der Waals surface area contributed by atoms with Gasteiger partial charge in [0.1, 0.15) is 0 Å². The SMILES string of the molecule is Cc1ccc(CNC(=O)c2ccc3[nH]nc(N)c3c2)cc1. The summed E-state index contributed by atoms with van der Waals surface area (Å²) in [7, 11) is 0. The van der Waals surface area contributed by atoms with Crippen molar-refractivity contribution in [1.82, 2.24) is 15.5 Å². The minimum Gasteiger partial charge on any atom is -0.382 e. The molecule has 0 aliphatic heterocycles. The number of benzene rings is 2. The highest BCUT2D eigenvalue weighted by Crippen LogP contribution is 2.19. The molecule has 0 fully saturated rings. The monoisotopic (exact) mass is 280 g/mol. The first kappa shape index (κ1) is 13.2. The number of anilines is 1. The summed E-state index contributed by atoms with van der Waals surface area (Å²) in [4.78, 5) is 12.2. The number of nitrogen functional groups attached to an aromatic ring is 1. The third-order valence-electron chi connectivity index (χ3n) is 3.43. The van der Waals surface area contributed by atoms with Gasteiger partial charge in [-0.25, -0.2) is 0 Å². The molecule has 0 aliphatic rings. The Labute approximate surface area is 122 Å². The molecule has 5 heteroatoms. The molecule has 1 amide bonds. The molecule has 106 valence electrons. The molecule has 3 rings (SSSR count). The number of nitrogens with one attached hydrogen (secondary N) is 2. The lowest BCUT2D eigenvalue weighted by atomic mass is 10.1. The fourth-order valence-electron chi connectivity index (χ4n) is 2.17. The Morgan fingerprint density at radius 3 is 2.76 bits per heavy atom. The van der Waals surface area contributed by atoms with E-state index in [1.165, 1.54) is 5.56 Å². The smallest absolute Gasteiger partial charge is 0.251 e. The molecule has 2 aromatic carbocycles. The molecule has 1 heterocycles. The molecule has 0 saturated heterocycles. The van der Waals surface area contributed by atoms with E-state index in [-0.39, 0.29) is 5.91 Å². The molecule has 0 aliphatic carbocycles. The minimum atomic E-state index is -0.127. The van der Waals surface area contributed by atoms with E-state index in [9.17, 15) is 4.79 Å². The number of aryl methyl sites for hydroxylation is 1. The number of hydrogen-bond acceptors (Lipinski definition) is 3. The Hall–Kier alpha value is -2.82. The van der Waals surface area contributed by atoms with Crippen molar-refractivity contribution in [3.8, 4) is 0 Å². The van der Waals surface area contributed by atoms with Crippen LogP contribution in [0.25, 0.3) is 10.9 Å². The van der Waals surface area contributed by atoms with Crippen molar-refractivity contribution < 1.29 is 4.79 Å². The van der Waals surface area contributed by atoms with Crippen molar-refractivity contribution in [1.29, 1.82) is 0 Å². The van der Waals surface area contributed by atoms with Crippen LogP contribution in [-0.4, -0.2) is 16.1 Å².